The molecule has 0 rings (SSSR count). The third-order valence-electron chi connectivity index (χ3n) is 0.644. The monoisotopic (exact) mass is 135 g/mol. The Labute approximate surface area is 61.1 Å². The minimum atomic E-state index is 0. The van der Waals surface area contributed by atoms with Crippen LogP contribution in [-0.2, 0) is 25.8 Å². The first-order valence-electron chi connectivity index (χ1n) is 2.03. The van der Waals surface area contributed by atoms with Gasteiger partial charge in [0.2, 0.25) is 0 Å². The van der Waals surface area contributed by atoms with Crippen LogP contribution in [0.2, 0.25) is 0 Å². The molecule has 0 N–H and O–H groups in total. The third-order valence-corrected chi connectivity index (χ3v) is 1.12. The molecule has 0 aromatic heterocycles. The Kier molecular flexibility index (Phi) is 10.8. The minimum absolute atomic E-state index is 0. The summed E-state index contributed by atoms with van der Waals surface area (Å²) in [5, 5.41) is 0. The van der Waals surface area contributed by atoms with Gasteiger partial charge in [-0.05, 0) is 5.66 Å². The molecule has 0 amide bonds. The normalized spacial score (nSPS) is 12.5. The zero-order valence-electron chi connectivity index (χ0n) is 4.44. The molecule has 2 atom stereocenters. The van der Waals surface area contributed by atoms with Crippen molar-refractivity contribution in [3.63, 3.8) is 0 Å². The van der Waals surface area contributed by atoms with E-state index < -0.39 is 0 Å². The summed E-state index contributed by atoms with van der Waals surface area (Å²) in [6, 6.07) is 0. The second kappa shape index (κ2) is 6.30. The molecule has 2 heteroatoms. The van der Waals surface area contributed by atoms with Gasteiger partial charge in [-0.3, -0.25) is 0 Å². The van der Waals surface area contributed by atoms with E-state index in [2.05, 4.69) is 23.1 Å². The molecule has 0 nitrogen and oxygen atoms in total. The van der Waals surface area contributed by atoms with Gasteiger partial charge in [-0.2, -0.15) is 0 Å². The summed E-state index contributed by atoms with van der Waals surface area (Å²) in [4.78, 5) is 0. The second-order valence-corrected chi connectivity index (χ2v) is 2.52. The molecular formula is C4H11PSc. The van der Waals surface area contributed by atoms with E-state index in [9.17, 15) is 0 Å². The predicted octanol–water partition coefficient (Wildman–Crippen LogP) is 1.66. The average Bonchev–Trinajstić information content (AvgIpc) is 1.38. The molecule has 6 heavy (non-hydrogen) atoms. The molecule has 0 aromatic rings. The van der Waals surface area contributed by atoms with Crippen molar-refractivity contribution in [2.75, 3.05) is 0 Å². The van der Waals surface area contributed by atoms with E-state index in [4.69, 9.17) is 0 Å². The Balaban J connectivity index is 0. The van der Waals surface area contributed by atoms with E-state index in [1.165, 1.54) is 6.42 Å². The summed E-state index contributed by atoms with van der Waals surface area (Å²) in [6.45, 7) is 4.36. The van der Waals surface area contributed by atoms with E-state index in [-0.39, 0.29) is 25.8 Å². The van der Waals surface area contributed by atoms with Gasteiger partial charge < -0.3 is 0 Å². The molecule has 0 aliphatic carbocycles. The molecule has 1 radical (unpaired) electrons. The van der Waals surface area contributed by atoms with Gasteiger partial charge in [-0.1, -0.05) is 20.3 Å². The van der Waals surface area contributed by atoms with Crippen LogP contribution in [0.4, 0.5) is 0 Å². The van der Waals surface area contributed by atoms with Crippen LogP contribution in [0.15, 0.2) is 0 Å². The van der Waals surface area contributed by atoms with E-state index >= 15 is 0 Å². The largest absolute Gasteiger partial charge is 0.135 e. The smallest absolute Gasteiger partial charge is 0 e. The van der Waals surface area contributed by atoms with Crippen molar-refractivity contribution in [1.82, 2.24) is 0 Å². The van der Waals surface area contributed by atoms with Crippen LogP contribution < -0.4 is 0 Å². The molecule has 0 aromatic carbocycles. The Bertz CT molecular complexity index is 21.5. The Morgan fingerprint density at radius 2 is 1.83 bits per heavy atom. The third kappa shape index (κ3) is 9.00. The van der Waals surface area contributed by atoms with Crippen molar-refractivity contribution in [3.05, 3.63) is 0 Å². The van der Waals surface area contributed by atoms with E-state index in [1.54, 1.807) is 0 Å². The number of rotatable bonds is 1. The summed E-state index contributed by atoms with van der Waals surface area (Å²) < 4.78 is 0. The zero-order valence-corrected chi connectivity index (χ0v) is 7.40. The molecule has 0 aliphatic heterocycles. The molecule has 0 bridgehead atoms. The Morgan fingerprint density at radius 3 is 1.83 bits per heavy atom. The first-order chi connectivity index (χ1) is 2.27. The van der Waals surface area contributed by atoms with Gasteiger partial charge >= 0.3 is 0 Å². The van der Waals surface area contributed by atoms with Crippen LogP contribution >= 0.6 is 9.24 Å². The van der Waals surface area contributed by atoms with Crippen LogP contribution in [0.25, 0.3) is 0 Å². The fourth-order valence-corrected chi connectivity index (χ4v) is 0. The van der Waals surface area contributed by atoms with Crippen molar-refractivity contribution in [1.29, 1.82) is 0 Å². The first kappa shape index (κ1) is 10.3. The Hall–Kier alpha value is 1.30. The van der Waals surface area contributed by atoms with Crippen LogP contribution in [0.1, 0.15) is 20.3 Å². The van der Waals surface area contributed by atoms with Crippen molar-refractivity contribution in [2.45, 2.75) is 25.9 Å². The summed E-state index contributed by atoms with van der Waals surface area (Å²) in [5.74, 6) is 0. The van der Waals surface area contributed by atoms with E-state index in [1.807, 2.05) is 0 Å². The maximum Gasteiger partial charge on any atom is 0 e. The van der Waals surface area contributed by atoms with Gasteiger partial charge in [-0.15, -0.1) is 9.24 Å². The Morgan fingerprint density at radius 1 is 1.67 bits per heavy atom. The van der Waals surface area contributed by atoms with Gasteiger partial charge in [0.1, 0.15) is 0 Å². The fourth-order valence-electron chi connectivity index (χ4n) is 0. The van der Waals surface area contributed by atoms with Crippen molar-refractivity contribution < 1.29 is 25.8 Å². The topological polar surface area (TPSA) is 0 Å². The first-order valence-corrected chi connectivity index (χ1v) is 2.69. The number of hydrogen-bond acceptors (Lipinski definition) is 0. The molecule has 0 spiro atoms. The maximum atomic E-state index is 2.73. The average molecular weight is 135 g/mol. The van der Waals surface area contributed by atoms with Crippen molar-refractivity contribution in [2.24, 2.45) is 0 Å². The molecule has 2 unspecified atom stereocenters. The molecular weight excluding hydrogens is 124 g/mol. The van der Waals surface area contributed by atoms with Crippen LogP contribution in [-0.4, -0.2) is 5.66 Å². The van der Waals surface area contributed by atoms with Crippen LogP contribution in [0, 0.1) is 0 Å². The van der Waals surface area contributed by atoms with Gasteiger partial charge in [0.25, 0.3) is 0 Å². The minimum Gasteiger partial charge on any atom is -0.135 e. The summed E-state index contributed by atoms with van der Waals surface area (Å²) in [5.41, 5.74) is 0.801. The van der Waals surface area contributed by atoms with Gasteiger partial charge in [0, 0.05) is 25.8 Å². The van der Waals surface area contributed by atoms with Gasteiger partial charge in [0.15, 0.2) is 0 Å². The molecule has 0 heterocycles. The standard InChI is InChI=1S/C4H11P.Sc/c1-3-4(2)5;/h4H,3,5H2,1-2H3;. The summed E-state index contributed by atoms with van der Waals surface area (Å²) in [7, 11) is 2.73. The number of hydrogen-bond donors (Lipinski definition) is 0. The van der Waals surface area contributed by atoms with Crippen molar-refractivity contribution in [3.8, 4) is 0 Å². The molecule has 35 valence electrons. The molecule has 0 aliphatic rings. The maximum absolute atomic E-state index is 2.73. The molecule has 0 saturated heterocycles. The summed E-state index contributed by atoms with van der Waals surface area (Å²) >= 11 is 0. The second-order valence-electron chi connectivity index (χ2n) is 1.39. The van der Waals surface area contributed by atoms with Crippen LogP contribution in [0.3, 0.4) is 0 Å². The molecule has 0 saturated carbocycles. The zero-order chi connectivity index (χ0) is 4.28. The molecule has 0 fully saturated rings. The van der Waals surface area contributed by atoms with Crippen molar-refractivity contribution >= 4 is 9.24 Å². The summed E-state index contributed by atoms with van der Waals surface area (Å²) in [6.07, 6.45) is 1.27. The van der Waals surface area contributed by atoms with E-state index in [0.29, 0.717) is 0 Å². The SMILES string of the molecule is CCC(C)P.[Sc]. The predicted molar refractivity (Wildman–Crippen MR) is 29.5 cm³/mol. The fraction of sp³-hybridized carbons (Fsp3) is 1.00. The van der Waals surface area contributed by atoms with Crippen LogP contribution in [0.5, 0.6) is 0 Å². The van der Waals surface area contributed by atoms with Gasteiger partial charge in [0.05, 0.1) is 0 Å². The van der Waals surface area contributed by atoms with Gasteiger partial charge in [-0.25, -0.2) is 0 Å². The van der Waals surface area contributed by atoms with E-state index in [0.717, 1.165) is 5.66 Å². The quantitative estimate of drug-likeness (QED) is 0.479.